The number of nitrogens with one attached hydrogen (secondary N) is 1. The van der Waals surface area contributed by atoms with Gasteiger partial charge in [-0.15, -0.1) is 0 Å². The summed E-state index contributed by atoms with van der Waals surface area (Å²) in [4.78, 5) is 39.5. The molecular formula is C15H18N4O4S. The number of imide groups is 1. The Bertz CT molecular complexity index is 821. The second kappa shape index (κ2) is 7.93. The molecule has 1 atom stereocenters. The number of carbonyl (C=O) groups is 2. The minimum atomic E-state index is -0.919. The molecule has 9 heteroatoms. The smallest absolute Gasteiger partial charge is 0.318 e. The quantitative estimate of drug-likeness (QED) is 0.590. The van der Waals surface area contributed by atoms with Gasteiger partial charge in [0.1, 0.15) is 0 Å². The number of primary amides is 1. The lowest BCUT2D eigenvalue weighted by Crippen LogP contribution is -2.36. The molecule has 2 aromatic rings. The van der Waals surface area contributed by atoms with E-state index in [0.717, 1.165) is 11.8 Å². The third kappa shape index (κ3) is 4.12. The SMILES string of the molecule is COC[C@H](C)n1c(SCC(=O)NC(N)=O)nc2ccccc2c1=O. The zero-order valence-electron chi connectivity index (χ0n) is 13.3. The number of amides is 3. The van der Waals surface area contributed by atoms with Crippen molar-refractivity contribution >= 4 is 34.6 Å². The van der Waals surface area contributed by atoms with E-state index in [0.29, 0.717) is 22.7 Å². The zero-order valence-corrected chi connectivity index (χ0v) is 14.1. The molecule has 8 nitrogen and oxygen atoms in total. The lowest BCUT2D eigenvalue weighted by molar-refractivity contribution is -0.117. The molecule has 0 aliphatic carbocycles. The van der Waals surface area contributed by atoms with E-state index in [1.807, 2.05) is 12.2 Å². The number of benzene rings is 1. The third-order valence-electron chi connectivity index (χ3n) is 3.22. The van der Waals surface area contributed by atoms with Crippen LogP contribution in [-0.2, 0) is 9.53 Å². The molecule has 0 saturated carbocycles. The maximum absolute atomic E-state index is 12.8. The summed E-state index contributed by atoms with van der Waals surface area (Å²) >= 11 is 1.06. The highest BCUT2D eigenvalue weighted by molar-refractivity contribution is 7.99. The Balaban J connectivity index is 2.42. The first-order valence-electron chi connectivity index (χ1n) is 7.16. The van der Waals surface area contributed by atoms with Crippen molar-refractivity contribution in [3.8, 4) is 0 Å². The first-order chi connectivity index (χ1) is 11.4. The number of para-hydroxylation sites is 1. The maximum atomic E-state index is 12.8. The van der Waals surface area contributed by atoms with Crippen LogP contribution in [0.15, 0.2) is 34.2 Å². The molecule has 128 valence electrons. The molecule has 0 saturated heterocycles. The second-order valence-corrected chi connectivity index (χ2v) is 6.03. The Labute approximate surface area is 142 Å². The molecule has 0 spiro atoms. The molecule has 0 bridgehead atoms. The molecule has 1 aromatic carbocycles. The molecule has 3 N–H and O–H groups in total. The Morgan fingerprint density at radius 1 is 1.42 bits per heavy atom. The summed E-state index contributed by atoms with van der Waals surface area (Å²) in [5.74, 6) is -0.645. The van der Waals surface area contributed by atoms with Crippen LogP contribution in [0, 0.1) is 0 Å². The highest BCUT2D eigenvalue weighted by atomic mass is 32.2. The lowest BCUT2D eigenvalue weighted by Gasteiger charge is -2.18. The molecule has 0 fully saturated rings. The summed E-state index contributed by atoms with van der Waals surface area (Å²) in [6.07, 6.45) is 0. The van der Waals surface area contributed by atoms with Crippen molar-refractivity contribution in [2.75, 3.05) is 19.5 Å². The molecule has 24 heavy (non-hydrogen) atoms. The van der Waals surface area contributed by atoms with Crippen molar-refractivity contribution in [3.63, 3.8) is 0 Å². The van der Waals surface area contributed by atoms with Gasteiger partial charge in [-0.2, -0.15) is 0 Å². The van der Waals surface area contributed by atoms with Gasteiger partial charge in [-0.05, 0) is 19.1 Å². The average molecular weight is 350 g/mol. The summed E-state index contributed by atoms with van der Waals surface area (Å²) in [5.41, 5.74) is 5.25. The van der Waals surface area contributed by atoms with E-state index in [9.17, 15) is 14.4 Å². The minimum absolute atomic E-state index is 0.0899. The van der Waals surface area contributed by atoms with Gasteiger partial charge in [0.25, 0.3) is 5.56 Å². The first kappa shape index (κ1) is 18.0. The Morgan fingerprint density at radius 3 is 2.79 bits per heavy atom. The van der Waals surface area contributed by atoms with Crippen LogP contribution in [0.5, 0.6) is 0 Å². The van der Waals surface area contributed by atoms with Crippen LogP contribution in [-0.4, -0.2) is 41.0 Å². The fourth-order valence-corrected chi connectivity index (χ4v) is 3.13. The van der Waals surface area contributed by atoms with Gasteiger partial charge in [0.2, 0.25) is 5.91 Å². The highest BCUT2D eigenvalue weighted by Gasteiger charge is 2.17. The Hall–Kier alpha value is -2.39. The van der Waals surface area contributed by atoms with Crippen LogP contribution in [0.4, 0.5) is 4.79 Å². The van der Waals surface area contributed by atoms with Gasteiger partial charge in [0, 0.05) is 7.11 Å². The van der Waals surface area contributed by atoms with Crippen molar-refractivity contribution in [3.05, 3.63) is 34.6 Å². The third-order valence-corrected chi connectivity index (χ3v) is 4.17. The van der Waals surface area contributed by atoms with Gasteiger partial charge in [-0.3, -0.25) is 19.5 Å². The van der Waals surface area contributed by atoms with E-state index >= 15 is 0 Å². The number of hydrogen-bond acceptors (Lipinski definition) is 6. The molecule has 0 aliphatic rings. The van der Waals surface area contributed by atoms with Crippen molar-refractivity contribution in [1.82, 2.24) is 14.9 Å². The molecule has 1 aromatic heterocycles. The fraction of sp³-hybridized carbons (Fsp3) is 0.333. The number of urea groups is 1. The van der Waals surface area contributed by atoms with Gasteiger partial charge < -0.3 is 10.5 Å². The standard InChI is InChI=1S/C15H18N4O4S/c1-9(7-23-2)19-13(21)10-5-3-4-6-11(10)17-15(19)24-8-12(20)18-14(16)22/h3-6,9H,7-8H2,1-2H3,(H3,16,18,20,22)/t9-/m0/s1. The molecule has 0 aliphatic heterocycles. The van der Waals surface area contributed by atoms with Gasteiger partial charge in [0.15, 0.2) is 5.16 Å². The second-order valence-electron chi connectivity index (χ2n) is 5.09. The zero-order chi connectivity index (χ0) is 17.7. The summed E-state index contributed by atoms with van der Waals surface area (Å²) in [6, 6.07) is 5.80. The van der Waals surface area contributed by atoms with Gasteiger partial charge in [-0.25, -0.2) is 9.78 Å². The van der Waals surface area contributed by atoms with Crippen LogP contribution >= 0.6 is 11.8 Å². The van der Waals surface area contributed by atoms with E-state index < -0.39 is 11.9 Å². The van der Waals surface area contributed by atoms with Crippen molar-refractivity contribution < 1.29 is 14.3 Å². The normalized spacial score (nSPS) is 12.1. The molecular weight excluding hydrogens is 332 g/mol. The fourth-order valence-electron chi connectivity index (χ4n) is 2.24. The number of nitrogens with zero attached hydrogens (tertiary/aromatic N) is 2. The van der Waals surface area contributed by atoms with Crippen LogP contribution < -0.4 is 16.6 Å². The number of aromatic nitrogens is 2. The number of methoxy groups -OCH3 is 1. The number of ether oxygens (including phenoxy) is 1. The van der Waals surface area contributed by atoms with Crippen molar-refractivity contribution in [2.45, 2.75) is 18.1 Å². The van der Waals surface area contributed by atoms with E-state index in [-0.39, 0.29) is 17.4 Å². The molecule has 0 radical (unpaired) electrons. The lowest BCUT2D eigenvalue weighted by atomic mass is 10.2. The number of nitrogens with two attached hydrogens (primary N) is 1. The monoisotopic (exact) mass is 350 g/mol. The first-order valence-corrected chi connectivity index (χ1v) is 8.15. The molecule has 0 unspecified atom stereocenters. The van der Waals surface area contributed by atoms with E-state index in [1.54, 1.807) is 31.4 Å². The maximum Gasteiger partial charge on any atom is 0.318 e. The van der Waals surface area contributed by atoms with Crippen LogP contribution in [0.25, 0.3) is 10.9 Å². The summed E-state index contributed by atoms with van der Waals surface area (Å²) in [7, 11) is 1.54. The Morgan fingerprint density at radius 2 is 2.12 bits per heavy atom. The van der Waals surface area contributed by atoms with Crippen molar-refractivity contribution in [2.24, 2.45) is 5.73 Å². The van der Waals surface area contributed by atoms with Gasteiger partial charge in [-0.1, -0.05) is 23.9 Å². The number of hydrogen-bond donors (Lipinski definition) is 2. The van der Waals surface area contributed by atoms with Crippen LogP contribution in [0.1, 0.15) is 13.0 Å². The Kier molecular flexibility index (Phi) is 5.93. The van der Waals surface area contributed by atoms with Gasteiger partial charge >= 0.3 is 6.03 Å². The van der Waals surface area contributed by atoms with Crippen molar-refractivity contribution in [1.29, 1.82) is 0 Å². The average Bonchev–Trinajstić information content (AvgIpc) is 2.52. The minimum Gasteiger partial charge on any atom is -0.383 e. The van der Waals surface area contributed by atoms with Crippen LogP contribution in [0.2, 0.25) is 0 Å². The number of carbonyl (C=O) groups excluding carboxylic acids is 2. The highest BCUT2D eigenvalue weighted by Crippen LogP contribution is 2.21. The van der Waals surface area contributed by atoms with E-state index in [2.05, 4.69) is 4.98 Å². The number of rotatable bonds is 6. The molecule has 1 heterocycles. The predicted molar refractivity (Wildman–Crippen MR) is 91.0 cm³/mol. The molecule has 2 rings (SSSR count). The number of fused-ring (bicyclic) bond motifs is 1. The van der Waals surface area contributed by atoms with Crippen LogP contribution in [0.3, 0.4) is 0 Å². The number of thioether (sulfide) groups is 1. The van der Waals surface area contributed by atoms with E-state index in [1.165, 1.54) is 4.57 Å². The molecule has 3 amide bonds. The predicted octanol–water partition coefficient (Wildman–Crippen LogP) is 0.891. The summed E-state index contributed by atoms with van der Waals surface area (Å²) < 4.78 is 6.62. The van der Waals surface area contributed by atoms with E-state index in [4.69, 9.17) is 10.5 Å². The summed E-state index contributed by atoms with van der Waals surface area (Å²) in [6.45, 7) is 2.15. The van der Waals surface area contributed by atoms with Gasteiger partial charge in [0.05, 0.1) is 29.3 Å². The topological polar surface area (TPSA) is 116 Å². The largest absolute Gasteiger partial charge is 0.383 e. The summed E-state index contributed by atoms with van der Waals surface area (Å²) in [5, 5.41) is 2.85.